The zero-order valence-corrected chi connectivity index (χ0v) is 20.3. The van der Waals surface area contributed by atoms with Crippen LogP contribution in [0.3, 0.4) is 0 Å². The van der Waals surface area contributed by atoms with Gasteiger partial charge in [0.05, 0.1) is 37.1 Å². The molecule has 1 atom stereocenters. The Morgan fingerprint density at radius 2 is 2.15 bits per heavy atom. The first-order chi connectivity index (χ1) is 16.0. The van der Waals surface area contributed by atoms with Gasteiger partial charge in [-0.05, 0) is 45.4 Å². The van der Waals surface area contributed by atoms with Crippen molar-refractivity contribution < 1.29 is 19.1 Å². The third kappa shape index (κ3) is 6.21. The minimum atomic E-state index is -0.346. The molecule has 1 aliphatic carbocycles. The molecule has 1 unspecified atom stereocenters. The third-order valence-electron chi connectivity index (χ3n) is 5.63. The highest BCUT2D eigenvalue weighted by atomic mass is 32.2. The van der Waals surface area contributed by atoms with Gasteiger partial charge < -0.3 is 14.8 Å². The normalized spacial score (nSPS) is 17.5. The number of hydrogen-bond acceptors (Lipinski definition) is 9. The number of thiazole rings is 1. The molecule has 0 bridgehead atoms. The Kier molecular flexibility index (Phi) is 8.15. The van der Waals surface area contributed by atoms with Gasteiger partial charge in [-0.25, -0.2) is 9.78 Å². The number of carbonyl (C=O) groups is 2. The molecule has 11 heteroatoms. The lowest BCUT2D eigenvalue weighted by atomic mass is 9.97. The smallest absolute Gasteiger partial charge is 0.348 e. The van der Waals surface area contributed by atoms with E-state index in [1.54, 1.807) is 16.9 Å². The Labute approximate surface area is 200 Å². The van der Waals surface area contributed by atoms with Crippen LogP contribution in [-0.4, -0.2) is 51.5 Å². The highest BCUT2D eigenvalue weighted by Crippen LogP contribution is 2.29. The van der Waals surface area contributed by atoms with Crippen LogP contribution in [0, 0.1) is 0 Å². The second-order valence-corrected chi connectivity index (χ2v) is 9.86. The highest BCUT2D eigenvalue weighted by molar-refractivity contribution is 8.00. The summed E-state index contributed by atoms with van der Waals surface area (Å²) in [5.74, 6) is -0.449. The predicted molar refractivity (Wildman–Crippen MR) is 126 cm³/mol. The lowest BCUT2D eigenvalue weighted by Gasteiger charge is -2.24. The van der Waals surface area contributed by atoms with Crippen molar-refractivity contribution in [3.05, 3.63) is 32.8 Å². The molecule has 1 N–H and O–H groups in total. The van der Waals surface area contributed by atoms with Gasteiger partial charge in [-0.2, -0.15) is 4.98 Å². The fraction of sp³-hybridized carbons (Fsp3) is 0.591. The number of aromatic nitrogens is 3. The maximum Gasteiger partial charge on any atom is 0.348 e. The first-order valence-electron chi connectivity index (χ1n) is 11.3. The molecule has 0 spiro atoms. The Morgan fingerprint density at radius 3 is 2.94 bits per heavy atom. The molecule has 2 aromatic rings. The molecule has 1 aliphatic heterocycles. The molecule has 0 saturated carbocycles. The van der Waals surface area contributed by atoms with E-state index in [0.29, 0.717) is 29.0 Å². The molecule has 9 nitrogen and oxygen atoms in total. The number of nitrogens with zero attached hydrogens (tertiary/aromatic N) is 3. The molecule has 1 saturated heterocycles. The van der Waals surface area contributed by atoms with E-state index in [1.807, 2.05) is 0 Å². The van der Waals surface area contributed by atoms with E-state index in [4.69, 9.17) is 9.47 Å². The van der Waals surface area contributed by atoms with Gasteiger partial charge in [0.15, 0.2) is 5.13 Å². The van der Waals surface area contributed by atoms with Crippen molar-refractivity contribution in [3.63, 3.8) is 0 Å². The standard InChI is InChI=1S/C22H28N4O5S2/c1-2-30-19(28)10-14-12-33-21(23-14)24-18(27)13-32-20-16-7-3-4-8-17(16)26(22(29)25-20)11-15-6-5-9-31-15/h12,15H,2-11,13H2,1H3,(H,23,24,27). The summed E-state index contributed by atoms with van der Waals surface area (Å²) in [5, 5.41) is 5.57. The number of rotatable bonds is 9. The number of nitrogens with one attached hydrogen (secondary N) is 1. The Bertz CT molecular complexity index is 1060. The number of amides is 1. The molecule has 0 radical (unpaired) electrons. The van der Waals surface area contributed by atoms with Gasteiger partial charge in [0.25, 0.3) is 0 Å². The molecular formula is C22H28N4O5S2. The number of hydrogen-bond donors (Lipinski definition) is 1. The minimum absolute atomic E-state index is 0.0758. The van der Waals surface area contributed by atoms with Crippen LogP contribution in [0.2, 0.25) is 0 Å². The molecule has 1 amide bonds. The summed E-state index contributed by atoms with van der Waals surface area (Å²) >= 11 is 2.55. The van der Waals surface area contributed by atoms with Crippen molar-refractivity contribution in [3.8, 4) is 0 Å². The Morgan fingerprint density at radius 1 is 1.30 bits per heavy atom. The summed E-state index contributed by atoms with van der Waals surface area (Å²) in [6.45, 7) is 3.38. The van der Waals surface area contributed by atoms with E-state index in [-0.39, 0.29) is 35.8 Å². The van der Waals surface area contributed by atoms with E-state index in [1.165, 1.54) is 23.1 Å². The molecular weight excluding hydrogens is 464 g/mol. The van der Waals surface area contributed by atoms with Gasteiger partial charge in [0, 0.05) is 23.2 Å². The largest absolute Gasteiger partial charge is 0.466 e. The average molecular weight is 493 g/mol. The number of fused-ring (bicyclic) bond motifs is 1. The SMILES string of the molecule is CCOC(=O)Cc1csc(NC(=O)CSc2nc(=O)n(CC3CCCO3)c3c2CCCC3)n1. The van der Waals surface area contributed by atoms with Crippen LogP contribution in [0.15, 0.2) is 15.2 Å². The van der Waals surface area contributed by atoms with Crippen molar-refractivity contribution in [2.75, 3.05) is 24.3 Å². The van der Waals surface area contributed by atoms with Crippen molar-refractivity contribution in [2.24, 2.45) is 0 Å². The number of ether oxygens (including phenoxy) is 2. The van der Waals surface area contributed by atoms with Crippen molar-refractivity contribution in [1.29, 1.82) is 0 Å². The second kappa shape index (κ2) is 11.3. The zero-order valence-electron chi connectivity index (χ0n) is 18.6. The lowest BCUT2D eigenvalue weighted by Crippen LogP contribution is -2.34. The molecule has 1 fully saturated rings. The summed E-state index contributed by atoms with van der Waals surface area (Å²) in [7, 11) is 0. The number of anilines is 1. The van der Waals surface area contributed by atoms with Crippen LogP contribution in [0.5, 0.6) is 0 Å². The van der Waals surface area contributed by atoms with Gasteiger partial charge >= 0.3 is 11.7 Å². The van der Waals surface area contributed by atoms with Crippen LogP contribution in [0.4, 0.5) is 5.13 Å². The van der Waals surface area contributed by atoms with Gasteiger partial charge in [0.1, 0.15) is 5.03 Å². The van der Waals surface area contributed by atoms with Crippen LogP contribution >= 0.6 is 23.1 Å². The first-order valence-corrected chi connectivity index (χ1v) is 13.2. The summed E-state index contributed by atoms with van der Waals surface area (Å²) in [6.07, 6.45) is 5.96. The monoisotopic (exact) mass is 492 g/mol. The summed E-state index contributed by atoms with van der Waals surface area (Å²) < 4.78 is 12.4. The lowest BCUT2D eigenvalue weighted by molar-refractivity contribution is -0.142. The Balaban J connectivity index is 1.39. The van der Waals surface area contributed by atoms with Crippen LogP contribution < -0.4 is 11.0 Å². The predicted octanol–water partition coefficient (Wildman–Crippen LogP) is 2.59. The van der Waals surface area contributed by atoms with Gasteiger partial charge in [-0.15, -0.1) is 11.3 Å². The summed E-state index contributed by atoms with van der Waals surface area (Å²) in [5.41, 5.74) is 2.43. The summed E-state index contributed by atoms with van der Waals surface area (Å²) in [6, 6.07) is 0. The topological polar surface area (TPSA) is 112 Å². The van der Waals surface area contributed by atoms with E-state index < -0.39 is 0 Å². The van der Waals surface area contributed by atoms with Crippen molar-refractivity contribution in [2.45, 2.75) is 69.5 Å². The maximum absolute atomic E-state index is 12.8. The van der Waals surface area contributed by atoms with Crippen LogP contribution in [0.25, 0.3) is 0 Å². The average Bonchev–Trinajstić information content (AvgIpc) is 3.47. The second-order valence-electron chi connectivity index (χ2n) is 8.04. The first kappa shape index (κ1) is 23.9. The Hall–Kier alpha value is -2.24. The third-order valence-corrected chi connectivity index (χ3v) is 7.45. The minimum Gasteiger partial charge on any atom is -0.466 e. The molecule has 2 aliphatic rings. The van der Waals surface area contributed by atoms with Crippen LogP contribution in [-0.2, 0) is 44.9 Å². The molecule has 33 heavy (non-hydrogen) atoms. The molecule has 178 valence electrons. The number of thioether (sulfide) groups is 1. The molecule has 2 aromatic heterocycles. The zero-order chi connectivity index (χ0) is 23.2. The van der Waals surface area contributed by atoms with Gasteiger partial charge in [-0.3, -0.25) is 14.2 Å². The maximum atomic E-state index is 12.8. The van der Waals surface area contributed by atoms with Gasteiger partial charge in [-0.1, -0.05) is 11.8 Å². The molecule has 3 heterocycles. The number of carbonyl (C=O) groups excluding carboxylic acids is 2. The molecule has 0 aromatic carbocycles. The fourth-order valence-corrected chi connectivity index (χ4v) is 5.75. The quantitative estimate of drug-likeness (QED) is 0.323. The fourth-order valence-electron chi connectivity index (χ4n) is 4.14. The van der Waals surface area contributed by atoms with Crippen molar-refractivity contribution >= 4 is 40.1 Å². The highest BCUT2D eigenvalue weighted by Gasteiger charge is 2.24. The van der Waals surface area contributed by atoms with E-state index in [9.17, 15) is 14.4 Å². The van der Waals surface area contributed by atoms with Gasteiger partial charge in [0.2, 0.25) is 5.91 Å². The summed E-state index contributed by atoms with van der Waals surface area (Å²) in [4.78, 5) is 45.5. The van der Waals surface area contributed by atoms with Crippen LogP contribution in [0.1, 0.15) is 49.6 Å². The van der Waals surface area contributed by atoms with E-state index in [0.717, 1.165) is 56.4 Å². The number of esters is 1. The molecule has 4 rings (SSSR count). The van der Waals surface area contributed by atoms with E-state index >= 15 is 0 Å². The van der Waals surface area contributed by atoms with Crippen molar-refractivity contribution in [1.82, 2.24) is 14.5 Å². The van der Waals surface area contributed by atoms with E-state index in [2.05, 4.69) is 15.3 Å².